The zero-order valence-corrected chi connectivity index (χ0v) is 11.0. The summed E-state index contributed by atoms with van der Waals surface area (Å²) in [5, 5.41) is 0.233. The lowest BCUT2D eigenvalue weighted by Crippen LogP contribution is -2.48. The average molecular weight is 246 g/mol. The number of fused-ring (bicyclic) bond motifs is 2. The van der Waals surface area contributed by atoms with Crippen molar-refractivity contribution in [3.05, 3.63) is 0 Å². The van der Waals surface area contributed by atoms with Gasteiger partial charge < -0.3 is 9.64 Å². The molecule has 3 nitrogen and oxygen atoms in total. The van der Waals surface area contributed by atoms with Crippen LogP contribution in [-0.4, -0.2) is 34.1 Å². The summed E-state index contributed by atoms with van der Waals surface area (Å²) in [6, 6.07) is 0.604. The van der Waals surface area contributed by atoms with Crippen LogP contribution < -0.4 is 0 Å². The van der Waals surface area contributed by atoms with Crippen LogP contribution in [0.2, 0.25) is 0 Å². The minimum atomic E-state index is -0.408. The molecule has 2 saturated heterocycles. The number of amides is 1. The molecule has 3 atom stereocenters. The Morgan fingerprint density at radius 3 is 2.19 bits per heavy atom. The Morgan fingerprint density at radius 1 is 1.25 bits per heavy atom. The largest absolute Gasteiger partial charge is 0.444 e. The van der Waals surface area contributed by atoms with E-state index < -0.39 is 5.60 Å². The van der Waals surface area contributed by atoms with Crippen LogP contribution in [0.5, 0.6) is 0 Å². The Bertz CT molecular complexity index is 273. The Kier molecular flexibility index (Phi) is 3.08. The molecule has 4 heteroatoms. The molecule has 2 aliphatic rings. The van der Waals surface area contributed by atoms with Gasteiger partial charge in [-0.15, -0.1) is 11.6 Å². The Balaban J connectivity index is 2.03. The van der Waals surface area contributed by atoms with Crippen LogP contribution in [0.25, 0.3) is 0 Å². The number of carbonyl (C=O) groups is 1. The third-order valence-corrected chi connectivity index (χ3v) is 3.64. The number of carbonyl (C=O) groups excluding carboxylic acids is 1. The quantitative estimate of drug-likeness (QED) is 0.614. The fourth-order valence-electron chi connectivity index (χ4n) is 2.72. The molecular weight excluding hydrogens is 226 g/mol. The maximum absolute atomic E-state index is 12.0. The van der Waals surface area contributed by atoms with E-state index in [0.717, 1.165) is 25.7 Å². The molecule has 2 bridgehead atoms. The van der Waals surface area contributed by atoms with Crippen molar-refractivity contribution in [3.8, 4) is 0 Å². The van der Waals surface area contributed by atoms with Gasteiger partial charge in [-0.05, 0) is 46.5 Å². The van der Waals surface area contributed by atoms with Crippen LogP contribution in [0.4, 0.5) is 4.79 Å². The Labute approximate surface area is 102 Å². The van der Waals surface area contributed by atoms with E-state index in [1.807, 2.05) is 25.7 Å². The van der Waals surface area contributed by atoms with Crippen LogP contribution >= 0.6 is 11.6 Å². The molecule has 2 heterocycles. The van der Waals surface area contributed by atoms with Crippen molar-refractivity contribution < 1.29 is 9.53 Å². The highest BCUT2D eigenvalue weighted by Gasteiger charge is 2.44. The van der Waals surface area contributed by atoms with E-state index in [9.17, 15) is 4.79 Å². The lowest BCUT2D eigenvalue weighted by atomic mass is 10.0. The summed E-state index contributed by atoms with van der Waals surface area (Å²) in [4.78, 5) is 14.0. The molecule has 92 valence electrons. The van der Waals surface area contributed by atoms with Gasteiger partial charge in [-0.3, -0.25) is 0 Å². The van der Waals surface area contributed by atoms with Crippen molar-refractivity contribution in [1.82, 2.24) is 4.90 Å². The Hall–Kier alpha value is -0.440. The third-order valence-electron chi connectivity index (χ3n) is 3.28. The summed E-state index contributed by atoms with van der Waals surface area (Å²) >= 11 is 6.17. The van der Waals surface area contributed by atoms with Crippen molar-refractivity contribution in [2.24, 2.45) is 0 Å². The monoisotopic (exact) mass is 245 g/mol. The molecule has 2 fully saturated rings. The average Bonchev–Trinajstić information content (AvgIpc) is 2.36. The van der Waals surface area contributed by atoms with E-state index in [0.29, 0.717) is 12.1 Å². The van der Waals surface area contributed by atoms with Crippen LogP contribution in [0.3, 0.4) is 0 Å². The zero-order chi connectivity index (χ0) is 11.9. The molecule has 0 aromatic rings. The maximum Gasteiger partial charge on any atom is 0.410 e. The van der Waals surface area contributed by atoms with Gasteiger partial charge in [0, 0.05) is 17.5 Å². The van der Waals surface area contributed by atoms with Crippen molar-refractivity contribution in [2.45, 2.75) is 69.5 Å². The van der Waals surface area contributed by atoms with E-state index in [1.165, 1.54) is 0 Å². The highest BCUT2D eigenvalue weighted by atomic mass is 35.5. The standard InChI is InChI=1S/C12H20ClNO2/c1-12(2,3)16-11(15)14-9-4-5-10(14)7-8(13)6-9/h8-10H,4-7H2,1-3H3/t8?,9-,10+. The molecule has 0 aliphatic carbocycles. The van der Waals surface area contributed by atoms with Gasteiger partial charge in [0.25, 0.3) is 0 Å². The second-order valence-electron chi connectivity index (χ2n) is 5.84. The highest BCUT2D eigenvalue weighted by molar-refractivity contribution is 6.20. The zero-order valence-electron chi connectivity index (χ0n) is 10.2. The first-order valence-electron chi connectivity index (χ1n) is 6.02. The minimum absolute atomic E-state index is 0.163. The smallest absolute Gasteiger partial charge is 0.410 e. The van der Waals surface area contributed by atoms with Crippen LogP contribution in [0, 0.1) is 0 Å². The summed E-state index contributed by atoms with van der Waals surface area (Å²) < 4.78 is 5.44. The van der Waals surface area contributed by atoms with Crippen molar-refractivity contribution in [2.75, 3.05) is 0 Å². The number of rotatable bonds is 0. The first-order valence-corrected chi connectivity index (χ1v) is 6.46. The fraction of sp³-hybridized carbons (Fsp3) is 0.917. The maximum atomic E-state index is 12.0. The van der Waals surface area contributed by atoms with Crippen molar-refractivity contribution in [3.63, 3.8) is 0 Å². The molecule has 1 unspecified atom stereocenters. The van der Waals surface area contributed by atoms with Gasteiger partial charge in [0.05, 0.1) is 0 Å². The lowest BCUT2D eigenvalue weighted by molar-refractivity contribution is 0.00824. The second-order valence-corrected chi connectivity index (χ2v) is 6.46. The van der Waals surface area contributed by atoms with Gasteiger partial charge >= 0.3 is 6.09 Å². The third kappa shape index (κ3) is 2.45. The molecule has 1 amide bonds. The summed E-state index contributed by atoms with van der Waals surface area (Å²) in [6.45, 7) is 5.71. The summed E-state index contributed by atoms with van der Waals surface area (Å²) in [7, 11) is 0. The van der Waals surface area contributed by atoms with Gasteiger partial charge in [0.2, 0.25) is 0 Å². The number of piperidine rings is 1. The summed E-state index contributed by atoms with van der Waals surface area (Å²) in [5.74, 6) is 0. The van der Waals surface area contributed by atoms with E-state index in [1.54, 1.807) is 0 Å². The van der Waals surface area contributed by atoms with Crippen LogP contribution in [0.1, 0.15) is 46.5 Å². The molecule has 0 N–H and O–H groups in total. The van der Waals surface area contributed by atoms with E-state index in [-0.39, 0.29) is 11.5 Å². The molecule has 0 aromatic heterocycles. The predicted octanol–water partition coefficient (Wildman–Crippen LogP) is 3.16. The van der Waals surface area contributed by atoms with E-state index in [4.69, 9.17) is 16.3 Å². The molecule has 0 aromatic carbocycles. The molecular formula is C12H20ClNO2. The first-order chi connectivity index (χ1) is 7.37. The van der Waals surface area contributed by atoms with Gasteiger partial charge in [0.15, 0.2) is 0 Å². The minimum Gasteiger partial charge on any atom is -0.444 e. The first kappa shape index (κ1) is 12.0. The van der Waals surface area contributed by atoms with E-state index in [2.05, 4.69) is 0 Å². The van der Waals surface area contributed by atoms with Crippen molar-refractivity contribution >= 4 is 17.7 Å². The number of hydrogen-bond acceptors (Lipinski definition) is 2. The number of halogens is 1. The summed E-state index contributed by atoms with van der Waals surface area (Å²) in [6.07, 6.45) is 3.82. The number of nitrogens with zero attached hydrogens (tertiary/aromatic N) is 1. The predicted molar refractivity (Wildman–Crippen MR) is 63.8 cm³/mol. The molecule has 2 rings (SSSR count). The molecule has 0 spiro atoms. The van der Waals surface area contributed by atoms with Crippen molar-refractivity contribution in [1.29, 1.82) is 0 Å². The molecule has 0 saturated carbocycles. The number of ether oxygens (including phenoxy) is 1. The molecule has 2 aliphatic heterocycles. The SMILES string of the molecule is CC(C)(C)OC(=O)N1[C@@H]2CC[C@H]1CC(Cl)C2. The Morgan fingerprint density at radius 2 is 1.75 bits per heavy atom. The number of hydrogen-bond donors (Lipinski definition) is 0. The van der Waals surface area contributed by atoms with Gasteiger partial charge in [0.1, 0.15) is 5.60 Å². The molecule has 16 heavy (non-hydrogen) atoms. The second kappa shape index (κ2) is 4.10. The van der Waals surface area contributed by atoms with E-state index >= 15 is 0 Å². The topological polar surface area (TPSA) is 29.5 Å². The lowest BCUT2D eigenvalue weighted by Gasteiger charge is -2.37. The molecule has 0 radical (unpaired) electrons. The van der Waals surface area contributed by atoms with Gasteiger partial charge in [-0.1, -0.05) is 0 Å². The van der Waals surface area contributed by atoms with Crippen LogP contribution in [0.15, 0.2) is 0 Å². The fourth-order valence-corrected chi connectivity index (χ4v) is 3.13. The van der Waals surface area contributed by atoms with Crippen LogP contribution in [-0.2, 0) is 4.74 Å². The normalized spacial score (nSPS) is 34.0. The van der Waals surface area contributed by atoms with Gasteiger partial charge in [-0.25, -0.2) is 4.79 Å². The summed E-state index contributed by atoms with van der Waals surface area (Å²) in [5.41, 5.74) is -0.408. The highest BCUT2D eigenvalue weighted by Crippen LogP contribution is 2.38. The van der Waals surface area contributed by atoms with Gasteiger partial charge in [-0.2, -0.15) is 0 Å². The number of alkyl halides is 1.